The van der Waals surface area contributed by atoms with E-state index >= 15 is 0 Å². The summed E-state index contributed by atoms with van der Waals surface area (Å²) < 4.78 is 0. The minimum absolute atomic E-state index is 0.624. The highest BCUT2D eigenvalue weighted by Crippen LogP contribution is 2.44. The van der Waals surface area contributed by atoms with Gasteiger partial charge in [0.15, 0.2) is 0 Å². The van der Waals surface area contributed by atoms with Crippen LogP contribution >= 0.6 is 0 Å². The van der Waals surface area contributed by atoms with Crippen molar-refractivity contribution in [3.63, 3.8) is 0 Å². The second-order valence-electron chi connectivity index (χ2n) is 7.19. The lowest BCUT2D eigenvalue weighted by molar-refractivity contribution is 0.494. The van der Waals surface area contributed by atoms with Gasteiger partial charge in [0.1, 0.15) is 8.07 Å². The lowest BCUT2D eigenvalue weighted by atomic mass is 10.0. The fourth-order valence-electron chi connectivity index (χ4n) is 4.58. The Morgan fingerprint density at radius 3 is 2.19 bits per heavy atom. The van der Waals surface area contributed by atoms with Crippen molar-refractivity contribution in [2.45, 2.75) is 58.0 Å². The van der Waals surface area contributed by atoms with Crippen LogP contribution < -0.4 is 5.19 Å². The van der Waals surface area contributed by atoms with E-state index in [4.69, 9.17) is 0 Å². The Balaban J connectivity index is 2.07. The van der Waals surface area contributed by atoms with Gasteiger partial charge in [-0.15, -0.1) is 0 Å². The van der Waals surface area contributed by atoms with Crippen molar-refractivity contribution in [3.05, 3.63) is 53.3 Å². The molecule has 2 unspecified atom stereocenters. The van der Waals surface area contributed by atoms with E-state index in [2.05, 4.69) is 62.9 Å². The maximum Gasteiger partial charge on any atom is 0.118 e. The third-order valence-electron chi connectivity index (χ3n) is 5.72. The molecule has 1 aromatic rings. The summed E-state index contributed by atoms with van der Waals surface area (Å²) in [6, 6.07) is 11.4. The van der Waals surface area contributed by atoms with Crippen LogP contribution in [-0.2, 0) is 0 Å². The maximum absolute atomic E-state index is 2.64. The van der Waals surface area contributed by atoms with Crippen LogP contribution in [0.4, 0.5) is 0 Å². The van der Waals surface area contributed by atoms with Crippen LogP contribution in [0, 0.1) is 5.92 Å². The number of hydrogen-bond donors (Lipinski definition) is 0. The van der Waals surface area contributed by atoms with Gasteiger partial charge in [-0.3, -0.25) is 0 Å². The molecule has 1 saturated carbocycles. The highest BCUT2D eigenvalue weighted by molar-refractivity contribution is 6.98. The Kier molecular flexibility index (Phi) is 4.21. The average Bonchev–Trinajstić information content (AvgIpc) is 2.87. The molecule has 1 heteroatoms. The molecule has 0 bridgehead atoms. The first-order chi connectivity index (χ1) is 10.1. The summed E-state index contributed by atoms with van der Waals surface area (Å²) >= 11 is 0. The number of benzene rings is 1. The fourth-order valence-corrected chi connectivity index (χ4v) is 9.77. The molecule has 0 heterocycles. The molecule has 0 amide bonds. The number of hydrogen-bond acceptors (Lipinski definition) is 0. The molecule has 0 N–H and O–H groups in total. The first-order valence-electron chi connectivity index (χ1n) is 8.59. The Morgan fingerprint density at radius 2 is 1.62 bits per heavy atom. The SMILES string of the molecule is CC1=CC(C)C=C1[Si](C)(c1ccccc1)C1CCCCC1. The summed E-state index contributed by atoms with van der Waals surface area (Å²) in [5.74, 6) is 0.624. The Labute approximate surface area is 131 Å². The summed E-state index contributed by atoms with van der Waals surface area (Å²) in [4.78, 5) is 0. The zero-order valence-corrected chi connectivity index (χ0v) is 14.7. The summed E-state index contributed by atoms with van der Waals surface area (Å²) in [6.07, 6.45) is 12.2. The van der Waals surface area contributed by atoms with Gasteiger partial charge in [-0.1, -0.05) is 104 Å². The molecule has 112 valence electrons. The lowest BCUT2D eigenvalue weighted by Crippen LogP contribution is -2.51. The molecule has 2 aliphatic carbocycles. The zero-order valence-electron chi connectivity index (χ0n) is 13.7. The smallest absolute Gasteiger partial charge is 0.0779 e. The predicted octanol–water partition coefficient (Wildman–Crippen LogP) is 5.37. The zero-order chi connectivity index (χ0) is 14.9. The van der Waals surface area contributed by atoms with Crippen molar-refractivity contribution in [3.8, 4) is 0 Å². The van der Waals surface area contributed by atoms with Crippen molar-refractivity contribution in [1.29, 1.82) is 0 Å². The van der Waals surface area contributed by atoms with Gasteiger partial charge in [0.05, 0.1) is 0 Å². The van der Waals surface area contributed by atoms with Crippen molar-refractivity contribution in [2.24, 2.45) is 5.92 Å². The van der Waals surface area contributed by atoms with Crippen LogP contribution in [0.2, 0.25) is 12.1 Å². The predicted molar refractivity (Wildman–Crippen MR) is 95.5 cm³/mol. The Bertz CT molecular complexity index is 548. The Morgan fingerprint density at radius 1 is 0.952 bits per heavy atom. The number of rotatable bonds is 3. The molecular weight excluding hydrogens is 268 g/mol. The van der Waals surface area contributed by atoms with Crippen LogP contribution in [0.3, 0.4) is 0 Å². The molecule has 1 aromatic carbocycles. The lowest BCUT2D eigenvalue weighted by Gasteiger charge is -2.40. The van der Waals surface area contributed by atoms with E-state index in [-0.39, 0.29) is 0 Å². The van der Waals surface area contributed by atoms with Gasteiger partial charge in [0, 0.05) is 0 Å². The van der Waals surface area contributed by atoms with E-state index in [1.807, 2.05) is 0 Å². The normalized spacial score (nSPS) is 26.1. The van der Waals surface area contributed by atoms with Gasteiger partial charge in [0.25, 0.3) is 0 Å². The van der Waals surface area contributed by atoms with Gasteiger partial charge in [-0.2, -0.15) is 0 Å². The summed E-state index contributed by atoms with van der Waals surface area (Å²) in [5, 5.41) is 3.37. The summed E-state index contributed by atoms with van der Waals surface area (Å²) in [5.41, 5.74) is 2.49. The van der Waals surface area contributed by atoms with Gasteiger partial charge in [0.2, 0.25) is 0 Å². The average molecular weight is 297 g/mol. The minimum Gasteiger partial charge on any atom is -0.0779 e. The van der Waals surface area contributed by atoms with Gasteiger partial charge in [-0.05, 0) is 18.4 Å². The van der Waals surface area contributed by atoms with Crippen LogP contribution in [0.25, 0.3) is 0 Å². The molecule has 0 saturated heterocycles. The van der Waals surface area contributed by atoms with E-state index in [1.165, 1.54) is 32.1 Å². The van der Waals surface area contributed by atoms with E-state index in [9.17, 15) is 0 Å². The van der Waals surface area contributed by atoms with E-state index < -0.39 is 8.07 Å². The molecule has 2 aliphatic rings. The maximum atomic E-state index is 2.64. The molecule has 0 aliphatic heterocycles. The van der Waals surface area contributed by atoms with E-state index in [1.54, 1.807) is 16.0 Å². The molecule has 2 atom stereocenters. The molecule has 3 rings (SSSR count). The van der Waals surface area contributed by atoms with Crippen LogP contribution in [0.15, 0.2) is 53.3 Å². The fraction of sp³-hybridized carbons (Fsp3) is 0.500. The second-order valence-corrected chi connectivity index (χ2v) is 11.5. The molecular formula is C20H28Si. The van der Waals surface area contributed by atoms with E-state index in [0.29, 0.717) is 5.92 Å². The summed E-state index contributed by atoms with van der Waals surface area (Å²) in [6.45, 7) is 7.31. The van der Waals surface area contributed by atoms with Crippen LogP contribution in [0.5, 0.6) is 0 Å². The third-order valence-corrected chi connectivity index (χ3v) is 11.1. The van der Waals surface area contributed by atoms with E-state index in [0.717, 1.165) is 5.54 Å². The topological polar surface area (TPSA) is 0 Å². The highest BCUT2D eigenvalue weighted by atomic mass is 28.3. The van der Waals surface area contributed by atoms with Crippen LogP contribution in [0.1, 0.15) is 46.0 Å². The van der Waals surface area contributed by atoms with Crippen molar-refractivity contribution in [2.75, 3.05) is 0 Å². The number of allylic oxidation sites excluding steroid dienone is 4. The monoisotopic (exact) mass is 296 g/mol. The van der Waals surface area contributed by atoms with Crippen molar-refractivity contribution >= 4 is 13.3 Å². The molecule has 0 radical (unpaired) electrons. The summed E-state index contributed by atoms with van der Waals surface area (Å²) in [7, 11) is -1.60. The molecule has 21 heavy (non-hydrogen) atoms. The van der Waals surface area contributed by atoms with Crippen molar-refractivity contribution in [1.82, 2.24) is 0 Å². The largest absolute Gasteiger partial charge is 0.118 e. The van der Waals surface area contributed by atoms with Gasteiger partial charge < -0.3 is 0 Å². The Hall–Kier alpha value is -1.08. The minimum atomic E-state index is -1.60. The highest BCUT2D eigenvalue weighted by Gasteiger charge is 2.43. The standard InChI is InChI=1S/C20H28Si/c1-16-14-17(2)20(15-16)21(3,18-10-6-4-7-11-18)19-12-8-5-9-13-19/h4,6-7,10-11,14-16,19H,5,8-9,12-13H2,1-3H3. The van der Waals surface area contributed by atoms with Gasteiger partial charge >= 0.3 is 0 Å². The molecule has 0 aromatic heterocycles. The molecule has 1 fully saturated rings. The van der Waals surface area contributed by atoms with Crippen molar-refractivity contribution < 1.29 is 0 Å². The van der Waals surface area contributed by atoms with Crippen LogP contribution in [-0.4, -0.2) is 8.07 Å². The molecule has 0 nitrogen and oxygen atoms in total. The first kappa shape index (κ1) is 14.8. The molecule has 0 spiro atoms. The third kappa shape index (κ3) is 2.68. The van der Waals surface area contributed by atoms with Gasteiger partial charge in [-0.25, -0.2) is 0 Å². The second kappa shape index (κ2) is 5.96. The quantitative estimate of drug-likeness (QED) is 0.658. The first-order valence-corrected chi connectivity index (χ1v) is 11.2.